The van der Waals surface area contributed by atoms with Gasteiger partial charge in [-0.3, -0.25) is 91.6 Å². The van der Waals surface area contributed by atoms with Crippen molar-refractivity contribution in [3.05, 3.63) is 328 Å². The van der Waals surface area contributed by atoms with Gasteiger partial charge in [0.05, 0.1) is 13.7 Å². The van der Waals surface area contributed by atoms with E-state index in [0.717, 1.165) is 39.0 Å². The number of aromatic amines is 1. The second-order valence-electron chi connectivity index (χ2n) is 41.4. The normalized spacial score (nSPS) is 13.1. The Labute approximate surface area is 884 Å². The number of ketones is 8. The van der Waals surface area contributed by atoms with E-state index < -0.39 is 16.8 Å². The van der Waals surface area contributed by atoms with Crippen LogP contribution in [0.1, 0.15) is 339 Å². The third-order valence-electron chi connectivity index (χ3n) is 24.0. The van der Waals surface area contributed by atoms with Gasteiger partial charge >= 0.3 is 5.97 Å². The highest BCUT2D eigenvalue weighted by Crippen LogP contribution is 2.27. The van der Waals surface area contributed by atoms with Crippen molar-refractivity contribution in [2.24, 2.45) is 34.5 Å². The topological polar surface area (TPSA) is 394 Å². The molecule has 0 unspecified atom stereocenters. The van der Waals surface area contributed by atoms with Gasteiger partial charge in [-0.1, -0.05) is 265 Å². The van der Waals surface area contributed by atoms with Gasteiger partial charge in [-0.15, -0.1) is 0 Å². The number of carbonyl (C=O) groups is 11. The number of H-pyrrole nitrogens is 1. The molecule has 0 saturated carbocycles. The van der Waals surface area contributed by atoms with E-state index in [1.54, 1.807) is 112 Å². The molecule has 149 heavy (non-hydrogen) atoms. The molecule has 11 rings (SSSR count). The number of halogens is 2. The molecule has 0 bridgehead atoms. The molecule has 8 heterocycles. The number of allylic oxidation sites excluding steroid dienone is 12. The number of aryl methyl sites for hydroxylation is 2. The Kier molecular flexibility index (Phi) is 58.6. The zero-order valence-corrected chi connectivity index (χ0v) is 94.6. The number of nitrogens with one attached hydrogen (secondary N) is 2. The first-order chi connectivity index (χ1) is 69.2. The number of aliphatic hydroxyl groups excluding tert-OH is 1. The number of nitrogens with zero attached hydrogens (tertiary/aromatic N) is 6. The minimum Gasteiger partial charge on any atom is -0.508 e. The largest absolute Gasteiger partial charge is 0.508 e. The smallest absolute Gasteiger partial charge is 0.325 e. The van der Waals surface area contributed by atoms with Gasteiger partial charge in [-0.05, 0) is 172 Å². The summed E-state index contributed by atoms with van der Waals surface area (Å²) in [5.74, 6) is 2.07. The van der Waals surface area contributed by atoms with Crippen molar-refractivity contribution in [2.75, 3.05) is 7.11 Å². The lowest BCUT2D eigenvalue weighted by Gasteiger charge is -2.22. The van der Waals surface area contributed by atoms with Crippen LogP contribution in [0.4, 0.5) is 4.39 Å². The van der Waals surface area contributed by atoms with Gasteiger partial charge in [-0.2, -0.15) is 0 Å². The summed E-state index contributed by atoms with van der Waals surface area (Å²) in [7, 11) is 1.31. The van der Waals surface area contributed by atoms with E-state index in [4.69, 9.17) is 16.7 Å². The molecule has 3 N–H and O–H groups in total. The lowest BCUT2D eigenvalue weighted by molar-refractivity contribution is -0.141. The van der Waals surface area contributed by atoms with Gasteiger partial charge in [0, 0.05) is 180 Å². The van der Waals surface area contributed by atoms with Crippen LogP contribution in [0.2, 0.25) is 0 Å². The van der Waals surface area contributed by atoms with E-state index in [0.29, 0.717) is 97.1 Å². The van der Waals surface area contributed by atoms with Crippen molar-refractivity contribution in [1.82, 2.24) is 37.7 Å². The monoisotopic (exact) mass is 2080 g/mol. The predicted molar refractivity (Wildman–Crippen MR) is 594 cm³/mol. The van der Waals surface area contributed by atoms with Gasteiger partial charge in [0.25, 0.3) is 44.8 Å². The maximum absolute atomic E-state index is 12.6. The van der Waals surface area contributed by atoms with Gasteiger partial charge in [0.1, 0.15) is 47.0 Å². The standard InChI is InChI=1S/2C14H21NO2.2C12H17NO2.C11H15NO3.C11H15NO2.C10H13NO2.C9H11ClO.C9H11FO.C9H12O.C8H11NO2/c2*1-10(2)12-7-6-8-15(13(12)17)9-14(4,5)11(3)16;2*1-9(2)11-5-4-7-13(12(11)15)8-6-10(3)14;1-8(2)9-5-4-6-12(11(9)14)7-10(13)15-3;1-8(2)10-5-4-6-12(11(10)14)7-9(3)13;1-6(2)9-4-8(7(3)12)5-11-10(9)13;2*1-6(2)8-5-7(10)3-4-9(8)11;1-7(2)8-5-3-4-6-9(8)10;1-5(2)6-3-4-7(10)9-8(6)11/h2*6-8,10H,9H2,1-5H3;2*4-5,7,9H,6,8H2,1-3H3;4-6,8H,7H2,1-3H3;4-6,8H,7H2,1-3H3;4-6,12H,3H2,1-2H3,(H,11,13);2*3,5-6H,4H2,1-2H3;3-5,7H,6H2,1-2H3;3,5H,4H2,1-2H3,(H,9,10,11). The summed E-state index contributed by atoms with van der Waals surface area (Å²) in [6.45, 7) is 63.9. The second kappa shape index (κ2) is 65.4. The van der Waals surface area contributed by atoms with E-state index in [1.165, 1.54) is 55.4 Å². The number of hydrogen-bond donors (Lipinski definition) is 3. The zero-order chi connectivity index (χ0) is 114. The lowest BCUT2D eigenvalue weighted by Crippen LogP contribution is -2.35. The van der Waals surface area contributed by atoms with Crippen molar-refractivity contribution < 1.29 is 67.0 Å². The molecule has 0 atom stereocenters. The van der Waals surface area contributed by atoms with Crippen LogP contribution < -0.4 is 44.2 Å². The maximum atomic E-state index is 12.6. The first-order valence-electron chi connectivity index (χ1n) is 50.7. The number of Topliss-reactive ketones (excluding diaryl/α,β-unsaturated/α-hetero) is 8. The summed E-state index contributed by atoms with van der Waals surface area (Å²) >= 11 is 5.75. The number of carbonyl (C=O) groups excluding carboxylic acids is 11. The van der Waals surface area contributed by atoms with Crippen LogP contribution in [0.15, 0.2) is 244 Å². The average molecular weight is 2080 g/mol. The van der Waals surface area contributed by atoms with Gasteiger partial charge in [-0.25, -0.2) is 4.39 Å². The molecule has 7 aromatic heterocycles. The minimum atomic E-state index is -0.501. The van der Waals surface area contributed by atoms with Gasteiger partial charge in [0.15, 0.2) is 17.3 Å². The summed E-state index contributed by atoms with van der Waals surface area (Å²) in [6, 6.07) is 23.7. The number of aliphatic hydroxyl groups is 1. The van der Waals surface area contributed by atoms with Crippen LogP contribution >= 0.6 is 11.6 Å². The van der Waals surface area contributed by atoms with Crippen LogP contribution in [0.25, 0.3) is 5.76 Å². The molecule has 1 aliphatic heterocycles. The summed E-state index contributed by atoms with van der Waals surface area (Å²) in [5.41, 5.74) is 7.78. The van der Waals surface area contributed by atoms with Gasteiger partial charge < -0.3 is 42.2 Å². The van der Waals surface area contributed by atoms with Crippen molar-refractivity contribution in [3.63, 3.8) is 0 Å². The SMILES string of the molecule is C=C(O)c1c[nH]c(=O)c(C(C)C)c1.CC(=O)C(C)(C)Cn1cccc(C(C)C)c1=O.CC(=O)C(C)(C)Cn1cccc(C(C)C)c1=O.CC(=O)CCn1cccc(C(C)C)c1=O.CC(=O)CCn1cccc(C(C)C)c1=O.CC(=O)Cn1cccc(C(C)C)c1=O.CC(C)C1=CC(Cl)=CCC1=O.CC(C)C1=CC(F)=CCC1=O.CC(C)C1=CC=CCC1=O.CC(C)C1=CCC(=O)NC1=O.COC(=O)Cn1cccc(C(C)C)c1=O. The molecule has 30 heteroatoms. The van der Waals surface area contributed by atoms with Crippen LogP contribution in [-0.4, -0.2) is 109 Å². The van der Waals surface area contributed by atoms with Crippen molar-refractivity contribution in [3.8, 4) is 0 Å². The third-order valence-corrected chi connectivity index (χ3v) is 24.3. The zero-order valence-electron chi connectivity index (χ0n) is 93.9. The number of pyridine rings is 7. The van der Waals surface area contributed by atoms with E-state index >= 15 is 0 Å². The molecule has 0 saturated heterocycles. The second-order valence-corrected chi connectivity index (χ2v) is 41.9. The number of imide groups is 1. The molecule has 0 fully saturated rings. The molecular weight excluding hydrogens is 1920 g/mol. The van der Waals surface area contributed by atoms with E-state index in [1.807, 2.05) is 253 Å². The van der Waals surface area contributed by atoms with Crippen LogP contribution in [0.3, 0.4) is 0 Å². The number of ether oxygens (including phenoxy) is 1. The first kappa shape index (κ1) is 134. The number of aromatic nitrogens is 7. The molecule has 0 spiro atoms. The molecule has 4 aliphatic rings. The Morgan fingerprint density at radius 1 is 0.409 bits per heavy atom. The highest BCUT2D eigenvalue weighted by atomic mass is 35.5. The maximum Gasteiger partial charge on any atom is 0.325 e. The Hall–Kier alpha value is -13.4. The first-order valence-corrected chi connectivity index (χ1v) is 51.1. The molecule has 28 nitrogen and oxygen atoms in total. The summed E-state index contributed by atoms with van der Waals surface area (Å²) in [5, 5.41) is 12.1. The minimum absolute atomic E-state index is 0.00648. The summed E-state index contributed by atoms with van der Waals surface area (Å²) in [6.07, 6.45) is 27.7. The fourth-order valence-electron chi connectivity index (χ4n) is 14.3. The molecule has 0 aromatic carbocycles. The molecule has 814 valence electrons. The fourth-order valence-corrected chi connectivity index (χ4v) is 14.5. The van der Waals surface area contributed by atoms with Crippen LogP contribution in [-0.2, 0) is 96.7 Å². The molecule has 2 amide bonds. The Bertz CT molecular complexity index is 6240. The van der Waals surface area contributed by atoms with Gasteiger partial charge in [0.2, 0.25) is 5.91 Å². The van der Waals surface area contributed by atoms with Crippen molar-refractivity contribution in [2.45, 2.75) is 334 Å². The predicted octanol–water partition coefficient (Wildman–Crippen LogP) is 21.6. The van der Waals surface area contributed by atoms with Crippen LogP contribution in [0, 0.1) is 34.5 Å². The number of methoxy groups -OCH3 is 1. The highest BCUT2D eigenvalue weighted by Gasteiger charge is 2.28. The van der Waals surface area contributed by atoms with E-state index in [9.17, 15) is 90.7 Å². The van der Waals surface area contributed by atoms with E-state index in [-0.39, 0.29) is 187 Å². The average Bonchev–Trinajstić information content (AvgIpc) is 0.820. The number of hydrogen-bond acceptors (Lipinski definition) is 20. The Balaban J connectivity index is 0.000000822. The Morgan fingerprint density at radius 3 is 1.03 bits per heavy atom. The molecular formula is C119H164ClFN8O20. The van der Waals surface area contributed by atoms with Crippen molar-refractivity contribution >= 4 is 81.4 Å². The summed E-state index contributed by atoms with van der Waals surface area (Å²) < 4.78 is 26.4. The van der Waals surface area contributed by atoms with E-state index in [2.05, 4.69) is 21.6 Å². The quantitative estimate of drug-likeness (QED) is 0.0233. The number of rotatable bonds is 28. The molecule has 7 aromatic rings. The van der Waals surface area contributed by atoms with Crippen LogP contribution in [0.5, 0.6) is 0 Å². The fraction of sp³-hybridized carbons (Fsp3) is 0.479. The molecule has 3 aliphatic carbocycles. The lowest BCUT2D eigenvalue weighted by atomic mass is 9.88. The highest BCUT2D eigenvalue weighted by molar-refractivity contribution is 6.32. The number of esters is 1. The third kappa shape index (κ3) is 47.3. The number of amides is 2. The summed E-state index contributed by atoms with van der Waals surface area (Å²) in [4.78, 5) is 207. The van der Waals surface area contributed by atoms with Crippen molar-refractivity contribution in [1.29, 1.82) is 0 Å². The molecule has 0 radical (unpaired) electrons. The Morgan fingerprint density at radius 2 is 0.732 bits per heavy atom.